The van der Waals surface area contributed by atoms with Gasteiger partial charge < -0.3 is 25.2 Å². The van der Waals surface area contributed by atoms with Crippen LogP contribution in [0, 0.1) is 0 Å². The Hall–Kier alpha value is -0.690. The Bertz CT molecular complexity index is 291. The fourth-order valence-corrected chi connectivity index (χ4v) is 2.25. The first-order valence-electron chi connectivity index (χ1n) is 5.97. The number of rotatable bonds is 2. The van der Waals surface area contributed by atoms with Gasteiger partial charge in [0.1, 0.15) is 5.54 Å². The van der Waals surface area contributed by atoms with Crippen LogP contribution in [0.25, 0.3) is 0 Å². The van der Waals surface area contributed by atoms with E-state index in [1.165, 1.54) is 0 Å². The van der Waals surface area contributed by atoms with Crippen LogP contribution in [-0.4, -0.2) is 66.6 Å². The van der Waals surface area contributed by atoms with Gasteiger partial charge in [-0.2, -0.15) is 0 Å². The smallest absolute Gasteiger partial charge is 0.245 e. The van der Waals surface area contributed by atoms with E-state index in [0.717, 1.165) is 0 Å². The highest BCUT2D eigenvalue weighted by Gasteiger charge is 2.43. The van der Waals surface area contributed by atoms with Crippen LogP contribution < -0.4 is 5.73 Å². The number of carbonyl (C=O) groups is 1. The van der Waals surface area contributed by atoms with Gasteiger partial charge in [-0.3, -0.25) is 4.79 Å². The molecule has 3 atom stereocenters. The number of aliphatic hydroxyl groups excluding tert-OH is 1. The standard InChI is InChI=1S/C11H20N2O4/c1-8-6-17-9(5-14)4-13(8)10(15)11(12)2-3-16-7-11/h8-9,14H,2-7,12H2,1H3. The molecule has 0 saturated carbocycles. The Morgan fingerprint density at radius 3 is 3.00 bits per heavy atom. The second-order valence-electron chi connectivity index (χ2n) is 4.90. The summed E-state index contributed by atoms with van der Waals surface area (Å²) in [6, 6.07) is -0.00803. The van der Waals surface area contributed by atoms with Gasteiger partial charge in [-0.05, 0) is 13.3 Å². The quantitative estimate of drug-likeness (QED) is 0.631. The molecule has 1 amide bonds. The number of hydrogen-bond donors (Lipinski definition) is 2. The topological polar surface area (TPSA) is 85.0 Å². The molecule has 6 heteroatoms. The SMILES string of the molecule is CC1COC(CO)CN1C(=O)C1(N)CCOC1. The van der Waals surface area contributed by atoms with Crippen molar-refractivity contribution in [2.75, 3.05) is 33.0 Å². The highest BCUT2D eigenvalue weighted by atomic mass is 16.5. The molecule has 2 aliphatic heterocycles. The van der Waals surface area contributed by atoms with Crippen molar-refractivity contribution in [3.8, 4) is 0 Å². The first-order valence-corrected chi connectivity index (χ1v) is 5.97. The molecule has 0 radical (unpaired) electrons. The van der Waals surface area contributed by atoms with E-state index >= 15 is 0 Å². The molecule has 2 fully saturated rings. The van der Waals surface area contributed by atoms with Gasteiger partial charge in [0.15, 0.2) is 0 Å². The lowest BCUT2D eigenvalue weighted by molar-refractivity contribution is -0.151. The summed E-state index contributed by atoms with van der Waals surface area (Å²) >= 11 is 0. The predicted octanol–water partition coefficient (Wildman–Crippen LogP) is -1.29. The first kappa shape index (κ1) is 12.8. The minimum atomic E-state index is -0.897. The third kappa shape index (κ3) is 2.44. The molecule has 0 bridgehead atoms. The van der Waals surface area contributed by atoms with Crippen molar-refractivity contribution in [1.82, 2.24) is 4.90 Å². The maximum atomic E-state index is 12.4. The maximum Gasteiger partial charge on any atom is 0.245 e. The van der Waals surface area contributed by atoms with Crippen molar-refractivity contribution in [3.63, 3.8) is 0 Å². The number of nitrogens with zero attached hydrogens (tertiary/aromatic N) is 1. The fraction of sp³-hybridized carbons (Fsp3) is 0.909. The van der Waals surface area contributed by atoms with Crippen molar-refractivity contribution in [2.45, 2.75) is 31.0 Å². The van der Waals surface area contributed by atoms with Gasteiger partial charge in [-0.25, -0.2) is 0 Å². The molecule has 0 aliphatic carbocycles. The Balaban J connectivity index is 2.06. The summed E-state index contributed by atoms with van der Waals surface area (Å²) in [7, 11) is 0. The highest BCUT2D eigenvalue weighted by molar-refractivity contribution is 5.87. The number of ether oxygens (including phenoxy) is 2. The zero-order valence-electron chi connectivity index (χ0n) is 10.1. The van der Waals surface area contributed by atoms with Crippen LogP contribution in [-0.2, 0) is 14.3 Å². The Labute approximate surface area is 101 Å². The van der Waals surface area contributed by atoms with E-state index < -0.39 is 5.54 Å². The molecular weight excluding hydrogens is 224 g/mol. The number of morpholine rings is 1. The van der Waals surface area contributed by atoms with Crippen molar-refractivity contribution < 1.29 is 19.4 Å². The molecule has 98 valence electrons. The number of aliphatic hydroxyl groups is 1. The largest absolute Gasteiger partial charge is 0.394 e. The summed E-state index contributed by atoms with van der Waals surface area (Å²) in [5.74, 6) is -0.0933. The fourth-order valence-electron chi connectivity index (χ4n) is 2.25. The van der Waals surface area contributed by atoms with E-state index in [9.17, 15) is 4.79 Å². The predicted molar refractivity (Wildman–Crippen MR) is 60.4 cm³/mol. The molecule has 2 heterocycles. The Kier molecular flexibility index (Phi) is 3.67. The van der Waals surface area contributed by atoms with Crippen molar-refractivity contribution in [2.24, 2.45) is 5.73 Å². The van der Waals surface area contributed by atoms with Gasteiger partial charge in [0, 0.05) is 13.2 Å². The van der Waals surface area contributed by atoms with Crippen molar-refractivity contribution in [3.05, 3.63) is 0 Å². The van der Waals surface area contributed by atoms with Gasteiger partial charge in [0.05, 0.1) is 32.0 Å². The number of amides is 1. The van der Waals surface area contributed by atoms with Crippen molar-refractivity contribution >= 4 is 5.91 Å². The zero-order valence-corrected chi connectivity index (χ0v) is 10.1. The average molecular weight is 244 g/mol. The lowest BCUT2D eigenvalue weighted by Crippen LogP contribution is -2.62. The summed E-state index contributed by atoms with van der Waals surface area (Å²) in [6.07, 6.45) is 0.251. The minimum Gasteiger partial charge on any atom is -0.394 e. The number of carbonyl (C=O) groups excluding carboxylic acids is 1. The molecule has 6 nitrogen and oxygen atoms in total. The second-order valence-corrected chi connectivity index (χ2v) is 4.90. The van der Waals surface area contributed by atoms with Crippen LogP contribution in [0.2, 0.25) is 0 Å². The minimum absolute atomic E-state index is 0.00803. The Morgan fingerprint density at radius 1 is 1.65 bits per heavy atom. The molecule has 2 rings (SSSR count). The maximum absolute atomic E-state index is 12.4. The molecule has 3 unspecified atom stereocenters. The summed E-state index contributed by atoms with van der Waals surface area (Å²) in [6.45, 7) is 3.49. The summed E-state index contributed by atoms with van der Waals surface area (Å²) in [5, 5.41) is 9.09. The molecule has 0 aromatic carbocycles. The highest BCUT2D eigenvalue weighted by Crippen LogP contribution is 2.22. The molecule has 0 aromatic heterocycles. The molecule has 17 heavy (non-hydrogen) atoms. The van der Waals surface area contributed by atoms with E-state index in [0.29, 0.717) is 26.2 Å². The zero-order chi connectivity index (χ0) is 12.5. The molecule has 0 spiro atoms. The monoisotopic (exact) mass is 244 g/mol. The number of nitrogens with two attached hydrogens (primary N) is 1. The van der Waals surface area contributed by atoms with E-state index in [2.05, 4.69) is 0 Å². The average Bonchev–Trinajstić information content (AvgIpc) is 2.77. The third-order valence-electron chi connectivity index (χ3n) is 3.45. The van der Waals surface area contributed by atoms with E-state index in [1.807, 2.05) is 6.92 Å². The van der Waals surface area contributed by atoms with Crippen LogP contribution in [0.3, 0.4) is 0 Å². The molecular formula is C11H20N2O4. The molecule has 2 saturated heterocycles. The number of hydrogen-bond acceptors (Lipinski definition) is 5. The molecule has 2 aliphatic rings. The van der Waals surface area contributed by atoms with Crippen LogP contribution in [0.5, 0.6) is 0 Å². The van der Waals surface area contributed by atoms with Gasteiger partial charge >= 0.3 is 0 Å². The van der Waals surface area contributed by atoms with Crippen LogP contribution >= 0.6 is 0 Å². The third-order valence-corrected chi connectivity index (χ3v) is 3.45. The molecule has 3 N–H and O–H groups in total. The Morgan fingerprint density at radius 2 is 2.41 bits per heavy atom. The van der Waals surface area contributed by atoms with Gasteiger partial charge in [-0.15, -0.1) is 0 Å². The van der Waals surface area contributed by atoms with E-state index in [-0.39, 0.29) is 31.3 Å². The van der Waals surface area contributed by atoms with E-state index in [4.69, 9.17) is 20.3 Å². The molecule has 0 aromatic rings. The normalized spacial score (nSPS) is 38.4. The lowest BCUT2D eigenvalue weighted by atomic mass is 9.97. The van der Waals surface area contributed by atoms with Gasteiger partial charge in [-0.1, -0.05) is 0 Å². The van der Waals surface area contributed by atoms with Crippen LogP contribution in [0.4, 0.5) is 0 Å². The van der Waals surface area contributed by atoms with Crippen molar-refractivity contribution in [1.29, 1.82) is 0 Å². The van der Waals surface area contributed by atoms with Crippen LogP contribution in [0.15, 0.2) is 0 Å². The summed E-state index contributed by atoms with van der Waals surface area (Å²) in [4.78, 5) is 14.1. The van der Waals surface area contributed by atoms with Gasteiger partial charge in [0.25, 0.3) is 0 Å². The summed E-state index contributed by atoms with van der Waals surface area (Å²) < 4.78 is 10.6. The van der Waals surface area contributed by atoms with E-state index in [1.54, 1.807) is 4.90 Å². The van der Waals surface area contributed by atoms with Crippen LogP contribution in [0.1, 0.15) is 13.3 Å². The second kappa shape index (κ2) is 4.89. The lowest BCUT2D eigenvalue weighted by Gasteiger charge is -2.40. The summed E-state index contributed by atoms with van der Waals surface area (Å²) in [5.41, 5.74) is 5.17. The first-order chi connectivity index (χ1) is 8.07. The van der Waals surface area contributed by atoms with Gasteiger partial charge in [0.2, 0.25) is 5.91 Å².